The number of methoxy groups -OCH3 is 1. The Balaban J connectivity index is 2.05. The summed E-state index contributed by atoms with van der Waals surface area (Å²) in [4.78, 5) is 30.3. The molecule has 0 saturated heterocycles. The zero-order chi connectivity index (χ0) is 15.8. The molecular weight excluding hydrogens is 274 g/mol. The predicted molar refractivity (Wildman–Crippen MR) is 74.1 cm³/mol. The van der Waals surface area contributed by atoms with Gasteiger partial charge in [0, 0.05) is 18.6 Å². The Morgan fingerprint density at radius 1 is 1.29 bits per heavy atom. The fourth-order valence-electron chi connectivity index (χ4n) is 2.51. The first-order chi connectivity index (χ1) is 9.71. The third-order valence-electron chi connectivity index (χ3n) is 4.69. The van der Waals surface area contributed by atoms with Crippen LogP contribution in [0.1, 0.15) is 48.2 Å². The molecule has 1 heterocycles. The number of carbonyl (C=O) groups excluding carboxylic acids is 1. The maximum atomic E-state index is 12.1. The van der Waals surface area contributed by atoms with Crippen molar-refractivity contribution in [3.8, 4) is 0 Å². The van der Waals surface area contributed by atoms with E-state index in [1.165, 1.54) is 6.20 Å². The highest BCUT2D eigenvalue weighted by Gasteiger charge is 2.58. The van der Waals surface area contributed by atoms with Crippen molar-refractivity contribution in [2.75, 3.05) is 7.11 Å². The summed E-state index contributed by atoms with van der Waals surface area (Å²) in [5.41, 5.74) is -0.570. The van der Waals surface area contributed by atoms with Crippen LogP contribution in [0.4, 0.5) is 0 Å². The first-order valence-corrected chi connectivity index (χ1v) is 6.62. The summed E-state index contributed by atoms with van der Waals surface area (Å²) < 4.78 is 5.50. The van der Waals surface area contributed by atoms with E-state index >= 15 is 0 Å². The quantitative estimate of drug-likeness (QED) is 0.862. The van der Waals surface area contributed by atoms with Gasteiger partial charge in [0.05, 0.1) is 18.0 Å². The minimum absolute atomic E-state index is 0.0316. The van der Waals surface area contributed by atoms with E-state index < -0.39 is 5.97 Å². The molecular formula is C14H19N3O4. The monoisotopic (exact) mass is 293 g/mol. The van der Waals surface area contributed by atoms with Crippen molar-refractivity contribution in [3.05, 3.63) is 23.8 Å². The SMILES string of the molecule is COC1(C)CC(NC(=O)c2cnc(C(=O)O)cn2)C1(C)C. The highest BCUT2D eigenvalue weighted by atomic mass is 16.5. The molecule has 2 atom stereocenters. The summed E-state index contributed by atoms with van der Waals surface area (Å²) in [6, 6.07) is -0.0316. The lowest BCUT2D eigenvalue weighted by Crippen LogP contribution is -2.68. The minimum atomic E-state index is -1.18. The number of hydrogen-bond donors (Lipinski definition) is 2. The Bertz CT molecular complexity index is 570. The average molecular weight is 293 g/mol. The van der Waals surface area contributed by atoms with Crippen molar-refractivity contribution in [2.45, 2.75) is 38.8 Å². The highest BCUT2D eigenvalue weighted by Crippen LogP contribution is 2.51. The summed E-state index contributed by atoms with van der Waals surface area (Å²) in [6.07, 6.45) is 2.95. The summed E-state index contributed by atoms with van der Waals surface area (Å²) in [7, 11) is 1.66. The van der Waals surface area contributed by atoms with E-state index in [4.69, 9.17) is 9.84 Å². The van der Waals surface area contributed by atoms with Crippen LogP contribution in [0.5, 0.6) is 0 Å². The lowest BCUT2D eigenvalue weighted by atomic mass is 9.56. The fraction of sp³-hybridized carbons (Fsp3) is 0.571. The third kappa shape index (κ3) is 2.49. The van der Waals surface area contributed by atoms with Crippen LogP contribution in [0.25, 0.3) is 0 Å². The molecule has 0 aromatic carbocycles. The van der Waals surface area contributed by atoms with Crippen LogP contribution in [-0.4, -0.2) is 45.7 Å². The molecule has 114 valence electrons. The van der Waals surface area contributed by atoms with Crippen LogP contribution in [-0.2, 0) is 4.74 Å². The lowest BCUT2D eigenvalue weighted by Gasteiger charge is -2.59. The molecule has 1 aliphatic carbocycles. The van der Waals surface area contributed by atoms with Crippen molar-refractivity contribution in [2.24, 2.45) is 5.41 Å². The van der Waals surface area contributed by atoms with E-state index in [9.17, 15) is 9.59 Å². The number of hydrogen-bond acceptors (Lipinski definition) is 5. The van der Waals surface area contributed by atoms with Crippen LogP contribution >= 0.6 is 0 Å². The third-order valence-corrected chi connectivity index (χ3v) is 4.69. The van der Waals surface area contributed by atoms with Crippen molar-refractivity contribution < 1.29 is 19.4 Å². The summed E-state index contributed by atoms with van der Waals surface area (Å²) in [6.45, 7) is 6.07. The highest BCUT2D eigenvalue weighted by molar-refractivity contribution is 5.93. The number of carbonyl (C=O) groups is 2. The maximum absolute atomic E-state index is 12.1. The maximum Gasteiger partial charge on any atom is 0.356 e. The molecule has 2 unspecified atom stereocenters. The van der Waals surface area contributed by atoms with E-state index in [2.05, 4.69) is 15.3 Å². The van der Waals surface area contributed by atoms with Crippen LogP contribution in [0.2, 0.25) is 0 Å². The van der Waals surface area contributed by atoms with E-state index in [0.717, 1.165) is 6.20 Å². The molecule has 0 aliphatic heterocycles. The van der Waals surface area contributed by atoms with Gasteiger partial charge >= 0.3 is 5.97 Å². The van der Waals surface area contributed by atoms with Gasteiger partial charge in [0.1, 0.15) is 5.69 Å². The molecule has 1 aromatic heterocycles. The number of nitrogens with zero attached hydrogens (tertiary/aromatic N) is 2. The molecule has 0 spiro atoms. The average Bonchev–Trinajstić information content (AvgIpc) is 2.46. The Morgan fingerprint density at radius 2 is 1.86 bits per heavy atom. The van der Waals surface area contributed by atoms with Gasteiger partial charge in [-0.3, -0.25) is 4.79 Å². The van der Waals surface area contributed by atoms with Gasteiger partial charge in [0.15, 0.2) is 5.69 Å². The first-order valence-electron chi connectivity index (χ1n) is 6.62. The van der Waals surface area contributed by atoms with E-state index in [0.29, 0.717) is 6.42 Å². The summed E-state index contributed by atoms with van der Waals surface area (Å²) in [5, 5.41) is 11.6. The second-order valence-corrected chi connectivity index (χ2v) is 5.98. The molecule has 2 N–H and O–H groups in total. The van der Waals surface area contributed by atoms with E-state index in [1.807, 2.05) is 20.8 Å². The molecule has 1 aliphatic rings. The summed E-state index contributed by atoms with van der Waals surface area (Å²) >= 11 is 0. The second kappa shape index (κ2) is 5.07. The topological polar surface area (TPSA) is 101 Å². The van der Waals surface area contributed by atoms with Gasteiger partial charge < -0.3 is 15.2 Å². The molecule has 7 heteroatoms. The number of amides is 1. The Labute approximate surface area is 122 Å². The Morgan fingerprint density at radius 3 is 2.29 bits per heavy atom. The predicted octanol–water partition coefficient (Wildman–Crippen LogP) is 1.11. The van der Waals surface area contributed by atoms with Crippen molar-refractivity contribution >= 4 is 11.9 Å². The molecule has 2 rings (SSSR count). The number of carboxylic acids is 1. The number of rotatable bonds is 4. The zero-order valence-corrected chi connectivity index (χ0v) is 12.5. The van der Waals surface area contributed by atoms with Gasteiger partial charge in [-0.25, -0.2) is 14.8 Å². The Hall–Kier alpha value is -2.02. The number of aromatic carboxylic acids is 1. The van der Waals surface area contributed by atoms with Gasteiger partial charge in [-0.15, -0.1) is 0 Å². The van der Waals surface area contributed by atoms with Crippen LogP contribution < -0.4 is 5.32 Å². The fourth-order valence-corrected chi connectivity index (χ4v) is 2.51. The van der Waals surface area contributed by atoms with Crippen molar-refractivity contribution in [1.29, 1.82) is 0 Å². The van der Waals surface area contributed by atoms with E-state index in [1.54, 1.807) is 7.11 Å². The Kier molecular flexibility index (Phi) is 3.71. The molecule has 0 radical (unpaired) electrons. The zero-order valence-electron chi connectivity index (χ0n) is 12.5. The standard InChI is InChI=1S/C14H19N3O4/c1-13(2)10(5-14(13,3)21-4)17-11(18)8-6-16-9(7-15-8)12(19)20/h6-7,10H,5H2,1-4H3,(H,17,18)(H,19,20). The summed E-state index contributed by atoms with van der Waals surface area (Å²) in [5.74, 6) is -1.54. The normalized spacial score (nSPS) is 26.8. The molecule has 1 saturated carbocycles. The molecule has 1 amide bonds. The largest absolute Gasteiger partial charge is 0.476 e. The molecule has 0 bridgehead atoms. The van der Waals surface area contributed by atoms with Crippen LogP contribution in [0, 0.1) is 5.41 Å². The molecule has 1 fully saturated rings. The molecule has 7 nitrogen and oxygen atoms in total. The number of carboxylic acid groups (broad SMARTS) is 1. The number of ether oxygens (including phenoxy) is 1. The molecule has 21 heavy (non-hydrogen) atoms. The van der Waals surface area contributed by atoms with Crippen molar-refractivity contribution in [3.63, 3.8) is 0 Å². The van der Waals surface area contributed by atoms with Gasteiger partial charge in [0.25, 0.3) is 5.91 Å². The number of aromatic nitrogens is 2. The van der Waals surface area contributed by atoms with Gasteiger partial charge in [-0.1, -0.05) is 13.8 Å². The van der Waals surface area contributed by atoms with Crippen molar-refractivity contribution in [1.82, 2.24) is 15.3 Å². The van der Waals surface area contributed by atoms with Crippen LogP contribution in [0.15, 0.2) is 12.4 Å². The molecule has 1 aromatic rings. The second-order valence-electron chi connectivity index (χ2n) is 5.98. The van der Waals surface area contributed by atoms with Gasteiger partial charge in [-0.2, -0.15) is 0 Å². The van der Waals surface area contributed by atoms with Gasteiger partial charge in [-0.05, 0) is 13.3 Å². The van der Waals surface area contributed by atoms with E-state index in [-0.39, 0.29) is 34.4 Å². The first kappa shape index (κ1) is 15.4. The smallest absolute Gasteiger partial charge is 0.356 e. The lowest BCUT2D eigenvalue weighted by molar-refractivity contribution is -0.177. The van der Waals surface area contributed by atoms with Gasteiger partial charge in [0.2, 0.25) is 0 Å². The van der Waals surface area contributed by atoms with Crippen LogP contribution in [0.3, 0.4) is 0 Å². The number of nitrogens with one attached hydrogen (secondary N) is 1. The minimum Gasteiger partial charge on any atom is -0.476 e.